The maximum Gasteiger partial charge on any atom is 0.239 e. The van der Waals surface area contributed by atoms with E-state index in [4.69, 9.17) is 11.5 Å². The first-order valence-corrected chi connectivity index (χ1v) is 10.2. The molecule has 27 heavy (non-hydrogen) atoms. The fourth-order valence-corrected chi connectivity index (χ4v) is 6.50. The molecule has 4 aliphatic rings. The van der Waals surface area contributed by atoms with Gasteiger partial charge in [0.15, 0.2) is 0 Å². The van der Waals surface area contributed by atoms with E-state index in [1.807, 2.05) is 30.1 Å². The van der Waals surface area contributed by atoms with Gasteiger partial charge in [-0.3, -0.25) is 9.59 Å². The Morgan fingerprint density at radius 2 is 1.81 bits per heavy atom. The molecule has 0 aromatic heterocycles. The van der Waals surface area contributed by atoms with E-state index in [-0.39, 0.29) is 23.3 Å². The third kappa shape index (κ3) is 3.06. The predicted octanol–water partition coefficient (Wildman–Crippen LogP) is 2.00. The topological polar surface area (TPSA) is 89.4 Å². The highest BCUT2D eigenvalue weighted by atomic mass is 16.2. The molecule has 0 saturated heterocycles. The van der Waals surface area contributed by atoms with Crippen LogP contribution in [0.3, 0.4) is 0 Å². The lowest BCUT2D eigenvalue weighted by molar-refractivity contribution is -0.158. The van der Waals surface area contributed by atoms with Gasteiger partial charge in [0.2, 0.25) is 11.8 Å². The highest BCUT2D eigenvalue weighted by Gasteiger charge is 2.59. The van der Waals surface area contributed by atoms with Gasteiger partial charge in [-0.05, 0) is 74.3 Å². The third-order valence-electron chi connectivity index (χ3n) is 7.56. The molecule has 4 fully saturated rings. The summed E-state index contributed by atoms with van der Waals surface area (Å²) in [7, 11) is 1.91. The molecule has 1 aromatic rings. The highest BCUT2D eigenvalue weighted by Crippen LogP contribution is 2.60. The van der Waals surface area contributed by atoms with Crippen molar-refractivity contribution in [3.8, 4) is 0 Å². The molecular formula is C22H31N3O2. The van der Waals surface area contributed by atoms with Crippen LogP contribution in [0.15, 0.2) is 24.3 Å². The zero-order chi connectivity index (χ0) is 19.3. The van der Waals surface area contributed by atoms with Crippen LogP contribution in [0.25, 0.3) is 0 Å². The Bertz CT molecular complexity index is 746. The number of aryl methyl sites for hydroxylation is 1. The van der Waals surface area contributed by atoms with Crippen molar-refractivity contribution in [2.24, 2.45) is 34.6 Å². The Hall–Kier alpha value is -1.88. The van der Waals surface area contributed by atoms with Crippen molar-refractivity contribution in [3.63, 3.8) is 0 Å². The molecule has 0 heterocycles. The third-order valence-corrected chi connectivity index (χ3v) is 7.56. The summed E-state index contributed by atoms with van der Waals surface area (Å²) in [5.74, 6) is 1.23. The molecule has 146 valence electrons. The second kappa shape index (κ2) is 6.62. The van der Waals surface area contributed by atoms with Gasteiger partial charge in [-0.25, -0.2) is 0 Å². The van der Waals surface area contributed by atoms with Gasteiger partial charge < -0.3 is 16.4 Å². The normalized spacial score (nSPS) is 35.1. The smallest absolute Gasteiger partial charge is 0.239 e. The Morgan fingerprint density at radius 3 is 2.41 bits per heavy atom. The number of primary amides is 1. The van der Waals surface area contributed by atoms with E-state index in [0.717, 1.165) is 37.7 Å². The van der Waals surface area contributed by atoms with Crippen molar-refractivity contribution >= 4 is 11.8 Å². The monoisotopic (exact) mass is 369 g/mol. The molecule has 5 nitrogen and oxygen atoms in total. The first-order valence-electron chi connectivity index (χ1n) is 10.2. The summed E-state index contributed by atoms with van der Waals surface area (Å²) in [6.45, 7) is 2.05. The van der Waals surface area contributed by atoms with E-state index >= 15 is 0 Å². The van der Waals surface area contributed by atoms with E-state index in [9.17, 15) is 9.59 Å². The average Bonchev–Trinajstić information content (AvgIpc) is 2.61. The number of rotatable bonds is 5. The van der Waals surface area contributed by atoms with Gasteiger partial charge >= 0.3 is 0 Å². The number of nitrogens with zero attached hydrogens (tertiary/aromatic N) is 1. The summed E-state index contributed by atoms with van der Waals surface area (Å²) < 4.78 is 0. The second-order valence-corrected chi connectivity index (χ2v) is 9.29. The number of likely N-dealkylation sites (N-methyl/N-ethyl adjacent to an activating group) is 1. The summed E-state index contributed by atoms with van der Waals surface area (Å²) in [6.07, 6.45) is 5.41. The van der Waals surface area contributed by atoms with Gasteiger partial charge in [0.25, 0.3) is 0 Å². The van der Waals surface area contributed by atoms with Crippen LogP contribution in [0.4, 0.5) is 0 Å². The molecule has 5 heteroatoms. The number of carbonyl (C=O) groups is 2. The predicted molar refractivity (Wildman–Crippen MR) is 105 cm³/mol. The van der Waals surface area contributed by atoms with Crippen LogP contribution >= 0.6 is 0 Å². The molecule has 4 bridgehead atoms. The van der Waals surface area contributed by atoms with Crippen LogP contribution in [0.1, 0.15) is 43.2 Å². The lowest BCUT2D eigenvalue weighted by Gasteiger charge is -2.60. The van der Waals surface area contributed by atoms with Gasteiger partial charge in [-0.15, -0.1) is 0 Å². The molecular weight excluding hydrogens is 338 g/mol. The number of hydrogen-bond donors (Lipinski definition) is 2. The molecule has 2 unspecified atom stereocenters. The molecule has 0 spiro atoms. The van der Waals surface area contributed by atoms with Crippen molar-refractivity contribution in [2.75, 3.05) is 7.05 Å². The second-order valence-electron chi connectivity index (χ2n) is 9.29. The van der Waals surface area contributed by atoms with Crippen molar-refractivity contribution in [3.05, 3.63) is 35.4 Å². The van der Waals surface area contributed by atoms with Crippen LogP contribution in [-0.4, -0.2) is 35.8 Å². The maximum absolute atomic E-state index is 13.1. The molecule has 4 saturated carbocycles. The zero-order valence-electron chi connectivity index (χ0n) is 16.4. The molecule has 3 atom stereocenters. The minimum Gasteiger partial charge on any atom is -0.369 e. The number of nitrogens with two attached hydrogens (primary N) is 2. The summed E-state index contributed by atoms with van der Waals surface area (Å²) in [5, 5.41) is 0. The lowest BCUT2D eigenvalue weighted by Crippen LogP contribution is -2.63. The van der Waals surface area contributed by atoms with Crippen LogP contribution in [-0.2, 0) is 16.0 Å². The van der Waals surface area contributed by atoms with Gasteiger partial charge in [0, 0.05) is 18.5 Å². The highest BCUT2D eigenvalue weighted by molar-refractivity contribution is 5.83. The van der Waals surface area contributed by atoms with E-state index in [2.05, 4.69) is 13.0 Å². The fraction of sp³-hybridized carbons (Fsp3) is 0.636. The first kappa shape index (κ1) is 18.5. The Kier molecular flexibility index (Phi) is 4.53. The first-order chi connectivity index (χ1) is 12.8. The summed E-state index contributed by atoms with van der Waals surface area (Å²) in [6, 6.07) is 7.76. The molecule has 0 aliphatic heterocycles. The summed E-state index contributed by atoms with van der Waals surface area (Å²) in [5.41, 5.74) is 14.1. The zero-order valence-corrected chi connectivity index (χ0v) is 16.4. The van der Waals surface area contributed by atoms with Crippen molar-refractivity contribution in [1.82, 2.24) is 4.90 Å². The van der Waals surface area contributed by atoms with Gasteiger partial charge in [0.05, 0.1) is 6.04 Å². The Morgan fingerprint density at radius 1 is 1.19 bits per heavy atom. The van der Waals surface area contributed by atoms with Crippen LogP contribution in [0.2, 0.25) is 0 Å². The number of benzene rings is 1. The number of carbonyl (C=O) groups excluding carboxylic acids is 2. The van der Waals surface area contributed by atoms with Crippen LogP contribution in [0.5, 0.6) is 0 Å². The van der Waals surface area contributed by atoms with Crippen molar-refractivity contribution < 1.29 is 9.59 Å². The maximum atomic E-state index is 13.1. The van der Waals surface area contributed by atoms with E-state index in [1.165, 1.54) is 5.56 Å². The van der Waals surface area contributed by atoms with E-state index in [1.54, 1.807) is 0 Å². The largest absolute Gasteiger partial charge is 0.369 e. The number of hydrogen-bond acceptors (Lipinski definition) is 3. The van der Waals surface area contributed by atoms with E-state index in [0.29, 0.717) is 24.2 Å². The van der Waals surface area contributed by atoms with Crippen LogP contribution < -0.4 is 11.5 Å². The number of amides is 2. The SMILES string of the molecule is Cc1ccccc1C[C@H](N)C(=O)N(C)C1C2CC3CC1CC(C(N)=O)(C3)C2. The van der Waals surface area contributed by atoms with Crippen molar-refractivity contribution in [1.29, 1.82) is 0 Å². The summed E-state index contributed by atoms with van der Waals surface area (Å²) in [4.78, 5) is 27.1. The van der Waals surface area contributed by atoms with Gasteiger partial charge in [0.1, 0.15) is 0 Å². The molecule has 0 radical (unpaired) electrons. The molecule has 5 rings (SSSR count). The minimum absolute atomic E-state index is 0.0175. The lowest BCUT2D eigenvalue weighted by atomic mass is 9.47. The van der Waals surface area contributed by atoms with Crippen LogP contribution in [0, 0.1) is 30.1 Å². The Balaban J connectivity index is 1.48. The fourth-order valence-electron chi connectivity index (χ4n) is 6.50. The average molecular weight is 370 g/mol. The molecule has 4 aliphatic carbocycles. The molecule has 4 N–H and O–H groups in total. The van der Waals surface area contributed by atoms with Gasteiger partial charge in [-0.2, -0.15) is 0 Å². The minimum atomic E-state index is -0.529. The standard InChI is InChI=1S/C22H31N3O2/c1-13-5-3-4-6-15(13)9-18(23)20(26)25(2)19-16-7-14-8-17(19)12-22(10-14,11-16)21(24)27/h3-6,14,16-19H,7-12,23H2,1-2H3,(H2,24,27)/t14?,16?,17?,18-,19?,22?/m0/s1. The Labute approximate surface area is 161 Å². The van der Waals surface area contributed by atoms with Crippen molar-refractivity contribution in [2.45, 2.75) is 57.5 Å². The molecule has 2 amide bonds. The quantitative estimate of drug-likeness (QED) is 0.832. The summed E-state index contributed by atoms with van der Waals surface area (Å²) >= 11 is 0. The van der Waals surface area contributed by atoms with E-state index < -0.39 is 6.04 Å². The molecule has 1 aromatic carbocycles. The van der Waals surface area contributed by atoms with Gasteiger partial charge in [-0.1, -0.05) is 24.3 Å².